The quantitative estimate of drug-likeness (QED) is 0.873. The lowest BCUT2D eigenvalue weighted by Crippen LogP contribution is -2.09. The highest BCUT2D eigenvalue weighted by atomic mass is 19.1. The fraction of sp³-hybridized carbons (Fsp3) is 0.286. The highest BCUT2D eigenvalue weighted by molar-refractivity contribution is 5.92. The molecule has 0 aliphatic rings. The number of methoxy groups -OCH3 is 1. The molecule has 0 amide bonds. The van der Waals surface area contributed by atoms with Gasteiger partial charge in [0.1, 0.15) is 17.5 Å². The van der Waals surface area contributed by atoms with Crippen LogP contribution in [0.25, 0.3) is 5.69 Å². The predicted molar refractivity (Wildman–Crippen MR) is 73.4 cm³/mol. The van der Waals surface area contributed by atoms with E-state index in [-0.39, 0.29) is 17.3 Å². The summed E-state index contributed by atoms with van der Waals surface area (Å²) in [6.45, 7) is 3.72. The van der Waals surface area contributed by atoms with Gasteiger partial charge in [0.2, 0.25) is 0 Å². The molecule has 0 fully saturated rings. The number of ether oxygens (including phenoxy) is 1. The number of benzene rings is 1. The maximum absolute atomic E-state index is 13.5. The Morgan fingerprint density at radius 2 is 2.20 bits per heavy atom. The standard InChI is InChI=1S/C14H16FN3O2/c1-4-11-17-12(14(19)20-3)13(16)18(11)10-7-9(15)6-5-8(10)2/h5-7H,4,16H2,1-3H3. The first-order chi connectivity index (χ1) is 9.49. The van der Waals surface area contributed by atoms with Crippen LogP contribution in [-0.4, -0.2) is 22.6 Å². The van der Waals surface area contributed by atoms with Gasteiger partial charge in [-0.3, -0.25) is 4.57 Å². The first kappa shape index (κ1) is 14.0. The topological polar surface area (TPSA) is 70.1 Å². The van der Waals surface area contributed by atoms with Gasteiger partial charge in [-0.05, 0) is 24.6 Å². The largest absolute Gasteiger partial charge is 0.464 e. The summed E-state index contributed by atoms with van der Waals surface area (Å²) >= 11 is 0. The Bertz CT molecular complexity index is 665. The number of aromatic nitrogens is 2. The number of hydrogen-bond donors (Lipinski definition) is 1. The molecule has 0 saturated heterocycles. The fourth-order valence-corrected chi connectivity index (χ4v) is 2.06. The first-order valence-electron chi connectivity index (χ1n) is 6.21. The maximum atomic E-state index is 13.5. The van der Waals surface area contributed by atoms with Crippen LogP contribution >= 0.6 is 0 Å². The molecule has 2 rings (SSSR count). The third kappa shape index (κ3) is 2.24. The highest BCUT2D eigenvalue weighted by Gasteiger charge is 2.22. The van der Waals surface area contributed by atoms with E-state index in [2.05, 4.69) is 9.72 Å². The first-order valence-corrected chi connectivity index (χ1v) is 6.21. The SMILES string of the molecule is CCc1nc(C(=O)OC)c(N)n1-c1cc(F)ccc1C. The van der Waals surface area contributed by atoms with E-state index < -0.39 is 5.97 Å². The van der Waals surface area contributed by atoms with Gasteiger partial charge in [-0.2, -0.15) is 0 Å². The van der Waals surface area contributed by atoms with Gasteiger partial charge in [0.25, 0.3) is 0 Å². The smallest absolute Gasteiger partial charge is 0.360 e. The van der Waals surface area contributed by atoms with Gasteiger partial charge in [0, 0.05) is 6.42 Å². The molecule has 0 aliphatic heterocycles. The lowest BCUT2D eigenvalue weighted by Gasteiger charge is -2.12. The number of nitrogen functional groups attached to an aromatic ring is 1. The molecule has 5 nitrogen and oxygen atoms in total. The molecule has 1 aromatic carbocycles. The molecule has 0 unspecified atom stereocenters. The summed E-state index contributed by atoms with van der Waals surface area (Å²) in [6.07, 6.45) is 0.553. The van der Waals surface area contributed by atoms with Crippen molar-refractivity contribution < 1.29 is 13.9 Å². The van der Waals surface area contributed by atoms with Crippen molar-refractivity contribution in [2.75, 3.05) is 12.8 Å². The monoisotopic (exact) mass is 277 g/mol. The zero-order valence-corrected chi connectivity index (χ0v) is 11.6. The van der Waals surface area contributed by atoms with Crippen LogP contribution in [0.4, 0.5) is 10.2 Å². The Balaban J connectivity index is 2.70. The number of anilines is 1. The second-order valence-corrected chi connectivity index (χ2v) is 4.37. The third-order valence-corrected chi connectivity index (χ3v) is 3.09. The third-order valence-electron chi connectivity index (χ3n) is 3.09. The van der Waals surface area contributed by atoms with E-state index in [4.69, 9.17) is 5.73 Å². The van der Waals surface area contributed by atoms with Crippen molar-refractivity contribution in [3.8, 4) is 5.69 Å². The van der Waals surface area contributed by atoms with Crippen molar-refractivity contribution in [2.45, 2.75) is 20.3 Å². The van der Waals surface area contributed by atoms with Gasteiger partial charge >= 0.3 is 5.97 Å². The molecule has 2 N–H and O–H groups in total. The van der Waals surface area contributed by atoms with Crippen LogP contribution in [0, 0.1) is 12.7 Å². The summed E-state index contributed by atoms with van der Waals surface area (Å²) < 4.78 is 19.7. The van der Waals surface area contributed by atoms with Crippen LogP contribution in [0.2, 0.25) is 0 Å². The summed E-state index contributed by atoms with van der Waals surface area (Å²) in [7, 11) is 1.26. The van der Waals surface area contributed by atoms with Crippen molar-refractivity contribution in [3.63, 3.8) is 0 Å². The van der Waals surface area contributed by atoms with E-state index >= 15 is 0 Å². The average Bonchev–Trinajstić information content (AvgIpc) is 2.77. The number of aryl methyl sites for hydroxylation is 2. The highest BCUT2D eigenvalue weighted by Crippen LogP contribution is 2.25. The molecular formula is C14H16FN3O2. The zero-order valence-electron chi connectivity index (χ0n) is 11.6. The lowest BCUT2D eigenvalue weighted by molar-refractivity contribution is 0.0596. The normalized spacial score (nSPS) is 10.6. The van der Waals surface area contributed by atoms with E-state index in [1.165, 1.54) is 19.2 Å². The second-order valence-electron chi connectivity index (χ2n) is 4.37. The summed E-state index contributed by atoms with van der Waals surface area (Å²) in [6, 6.07) is 4.40. The molecule has 0 saturated carbocycles. The number of nitrogens with two attached hydrogens (primary N) is 1. The van der Waals surface area contributed by atoms with Gasteiger partial charge in [-0.15, -0.1) is 0 Å². The Hall–Kier alpha value is -2.37. The molecule has 0 radical (unpaired) electrons. The van der Waals surface area contributed by atoms with Crippen molar-refractivity contribution >= 4 is 11.8 Å². The fourth-order valence-electron chi connectivity index (χ4n) is 2.06. The molecule has 0 aliphatic carbocycles. The minimum atomic E-state index is -0.606. The molecule has 0 bridgehead atoms. The molecule has 0 atom stereocenters. The van der Waals surface area contributed by atoms with Crippen molar-refractivity contribution in [1.29, 1.82) is 0 Å². The Morgan fingerprint density at radius 3 is 2.80 bits per heavy atom. The maximum Gasteiger partial charge on any atom is 0.360 e. The van der Waals surface area contributed by atoms with Crippen LogP contribution in [0.1, 0.15) is 28.8 Å². The van der Waals surface area contributed by atoms with Crippen LogP contribution < -0.4 is 5.73 Å². The Labute approximate surface area is 116 Å². The van der Waals surface area contributed by atoms with E-state index in [0.29, 0.717) is 17.9 Å². The summed E-state index contributed by atoms with van der Waals surface area (Å²) in [5.41, 5.74) is 7.44. The number of carbonyl (C=O) groups is 1. The number of carbonyl (C=O) groups excluding carboxylic acids is 1. The molecule has 6 heteroatoms. The van der Waals surface area contributed by atoms with Gasteiger partial charge in [-0.1, -0.05) is 13.0 Å². The van der Waals surface area contributed by atoms with Crippen molar-refractivity contribution in [1.82, 2.24) is 9.55 Å². The number of imidazole rings is 1. The van der Waals surface area contributed by atoms with Gasteiger partial charge < -0.3 is 10.5 Å². The van der Waals surface area contributed by atoms with Crippen LogP contribution in [0.3, 0.4) is 0 Å². The lowest BCUT2D eigenvalue weighted by atomic mass is 10.2. The van der Waals surface area contributed by atoms with Gasteiger partial charge in [-0.25, -0.2) is 14.2 Å². The van der Waals surface area contributed by atoms with E-state index in [9.17, 15) is 9.18 Å². The summed E-state index contributed by atoms with van der Waals surface area (Å²) in [5.74, 6) is -0.246. The number of hydrogen-bond acceptors (Lipinski definition) is 4. The van der Waals surface area contributed by atoms with Crippen LogP contribution in [0.15, 0.2) is 18.2 Å². The molecule has 106 valence electrons. The molecule has 1 aromatic heterocycles. The second kappa shape index (κ2) is 5.32. The van der Waals surface area contributed by atoms with Crippen molar-refractivity contribution in [2.24, 2.45) is 0 Å². The number of halogens is 1. The predicted octanol–water partition coefficient (Wildman–Crippen LogP) is 2.25. The molecule has 1 heterocycles. The van der Waals surface area contributed by atoms with Gasteiger partial charge in [0.05, 0.1) is 12.8 Å². The molecule has 0 spiro atoms. The van der Waals surface area contributed by atoms with E-state index in [1.807, 2.05) is 13.8 Å². The van der Waals surface area contributed by atoms with Crippen molar-refractivity contribution in [3.05, 3.63) is 41.1 Å². The minimum Gasteiger partial charge on any atom is -0.464 e. The Morgan fingerprint density at radius 1 is 1.50 bits per heavy atom. The summed E-state index contributed by atoms with van der Waals surface area (Å²) in [4.78, 5) is 15.8. The molecule has 20 heavy (non-hydrogen) atoms. The average molecular weight is 277 g/mol. The van der Waals surface area contributed by atoms with Crippen LogP contribution in [-0.2, 0) is 11.2 Å². The number of nitrogens with zero attached hydrogens (tertiary/aromatic N) is 2. The van der Waals surface area contributed by atoms with Gasteiger partial charge in [0.15, 0.2) is 5.69 Å². The van der Waals surface area contributed by atoms with E-state index in [1.54, 1.807) is 10.6 Å². The number of esters is 1. The Kier molecular flexibility index (Phi) is 3.74. The minimum absolute atomic E-state index is 0.0491. The molecule has 2 aromatic rings. The number of rotatable bonds is 3. The zero-order chi connectivity index (χ0) is 14.9. The summed E-state index contributed by atoms with van der Waals surface area (Å²) in [5, 5.41) is 0. The van der Waals surface area contributed by atoms with E-state index in [0.717, 1.165) is 5.56 Å². The molecular weight excluding hydrogens is 261 g/mol. The van der Waals surface area contributed by atoms with Crippen LogP contribution in [0.5, 0.6) is 0 Å².